The van der Waals surface area contributed by atoms with E-state index < -0.39 is 0 Å². The minimum absolute atomic E-state index is 0.306. The van der Waals surface area contributed by atoms with Gasteiger partial charge >= 0.3 is 0 Å². The number of thioether (sulfide) groups is 1. The van der Waals surface area contributed by atoms with Crippen LogP contribution in [0, 0.1) is 0 Å². The van der Waals surface area contributed by atoms with Gasteiger partial charge in [-0.05, 0) is 41.2 Å². The molecule has 1 aliphatic rings. The van der Waals surface area contributed by atoms with Gasteiger partial charge in [0.1, 0.15) is 5.75 Å². The number of benzene rings is 1. The van der Waals surface area contributed by atoms with E-state index >= 15 is 0 Å². The van der Waals surface area contributed by atoms with Crippen LogP contribution < -0.4 is 4.74 Å². The van der Waals surface area contributed by atoms with Gasteiger partial charge in [0.05, 0.1) is 29.9 Å². The Balaban J connectivity index is 2.40. The van der Waals surface area contributed by atoms with Crippen LogP contribution in [0.2, 0.25) is 0 Å². The molecular weight excluding hydrogens is 304 g/mol. The average molecular weight is 319 g/mol. The van der Waals surface area contributed by atoms with Gasteiger partial charge in [0, 0.05) is 4.90 Å². The maximum atomic E-state index is 5.66. The van der Waals surface area contributed by atoms with Crippen molar-refractivity contribution in [1.82, 2.24) is 0 Å². The third-order valence-electron chi connectivity index (χ3n) is 2.45. The zero-order chi connectivity index (χ0) is 12.3. The summed E-state index contributed by atoms with van der Waals surface area (Å²) in [6.45, 7) is 3.86. The zero-order valence-electron chi connectivity index (χ0n) is 9.86. The molecule has 0 atom stereocenters. The van der Waals surface area contributed by atoms with E-state index in [1.807, 2.05) is 19.2 Å². The van der Waals surface area contributed by atoms with E-state index in [4.69, 9.17) is 14.2 Å². The molecule has 0 aliphatic carbocycles. The molecule has 0 amide bonds. The Hall–Kier alpha value is -0.230. The highest BCUT2D eigenvalue weighted by Crippen LogP contribution is 2.39. The number of hydrogen-bond donors (Lipinski definition) is 0. The molecule has 94 valence electrons. The first-order valence-electron chi connectivity index (χ1n) is 5.49. The van der Waals surface area contributed by atoms with Crippen molar-refractivity contribution >= 4 is 27.7 Å². The van der Waals surface area contributed by atoms with Gasteiger partial charge in [-0.25, -0.2) is 0 Å². The normalized spacial score (nSPS) is 16.4. The van der Waals surface area contributed by atoms with Gasteiger partial charge in [0.2, 0.25) is 0 Å². The number of hydrogen-bond acceptors (Lipinski definition) is 4. The zero-order valence-corrected chi connectivity index (χ0v) is 12.3. The third kappa shape index (κ3) is 2.96. The van der Waals surface area contributed by atoms with Crippen LogP contribution in [0.5, 0.6) is 5.75 Å². The van der Waals surface area contributed by atoms with Crippen LogP contribution in [0.4, 0.5) is 0 Å². The fourth-order valence-electron chi connectivity index (χ4n) is 1.72. The molecule has 0 unspecified atom stereocenters. The molecule has 1 saturated heterocycles. The van der Waals surface area contributed by atoms with Crippen molar-refractivity contribution in [2.45, 2.75) is 18.1 Å². The van der Waals surface area contributed by atoms with Crippen LogP contribution in [-0.4, -0.2) is 26.1 Å². The monoisotopic (exact) mass is 318 g/mol. The van der Waals surface area contributed by atoms with Crippen LogP contribution in [0.1, 0.15) is 18.8 Å². The summed E-state index contributed by atoms with van der Waals surface area (Å²) in [4.78, 5) is 1.16. The molecule has 2 rings (SSSR count). The van der Waals surface area contributed by atoms with Crippen LogP contribution in [0.15, 0.2) is 21.5 Å². The molecule has 1 heterocycles. The second kappa shape index (κ2) is 6.09. The maximum absolute atomic E-state index is 5.66. The van der Waals surface area contributed by atoms with Crippen molar-refractivity contribution in [3.05, 3.63) is 22.2 Å². The topological polar surface area (TPSA) is 27.7 Å². The minimum atomic E-state index is -0.306. The molecule has 1 fully saturated rings. The second-order valence-corrected chi connectivity index (χ2v) is 5.27. The van der Waals surface area contributed by atoms with E-state index in [1.165, 1.54) is 0 Å². The largest absolute Gasteiger partial charge is 0.492 e. The summed E-state index contributed by atoms with van der Waals surface area (Å²) in [5.74, 6) is 0.817. The Morgan fingerprint density at radius 3 is 2.71 bits per heavy atom. The number of ether oxygens (including phenoxy) is 3. The van der Waals surface area contributed by atoms with Gasteiger partial charge in [-0.1, -0.05) is 0 Å². The van der Waals surface area contributed by atoms with E-state index in [0.717, 1.165) is 20.7 Å². The van der Waals surface area contributed by atoms with Crippen molar-refractivity contribution in [2.24, 2.45) is 0 Å². The van der Waals surface area contributed by atoms with E-state index in [0.29, 0.717) is 19.8 Å². The number of rotatable bonds is 4. The van der Waals surface area contributed by atoms with Crippen molar-refractivity contribution in [2.75, 3.05) is 26.1 Å². The Morgan fingerprint density at radius 2 is 2.12 bits per heavy atom. The molecule has 0 saturated carbocycles. The fraction of sp³-hybridized carbons (Fsp3) is 0.500. The first-order valence-corrected chi connectivity index (χ1v) is 7.51. The molecule has 0 aromatic heterocycles. The summed E-state index contributed by atoms with van der Waals surface area (Å²) < 4.78 is 17.7. The standard InChI is InChI=1S/C12H15BrO3S/c1-3-14-11-9(12-15-4-5-16-12)6-8(17-2)7-10(11)13/h6-7,12H,3-5H2,1-2H3. The van der Waals surface area contributed by atoms with E-state index in [2.05, 4.69) is 22.0 Å². The average Bonchev–Trinajstić information content (AvgIpc) is 2.85. The summed E-state index contributed by atoms with van der Waals surface area (Å²) in [6.07, 6.45) is 1.74. The lowest BCUT2D eigenvalue weighted by Gasteiger charge is -2.17. The Morgan fingerprint density at radius 1 is 1.41 bits per heavy atom. The smallest absolute Gasteiger partial charge is 0.187 e. The maximum Gasteiger partial charge on any atom is 0.187 e. The minimum Gasteiger partial charge on any atom is -0.492 e. The first kappa shape index (κ1) is 13.2. The lowest BCUT2D eigenvalue weighted by Crippen LogP contribution is -2.04. The lowest BCUT2D eigenvalue weighted by molar-refractivity contribution is -0.0459. The van der Waals surface area contributed by atoms with E-state index in [9.17, 15) is 0 Å². The Bertz CT molecular complexity index is 392. The quantitative estimate of drug-likeness (QED) is 0.793. The molecule has 0 radical (unpaired) electrons. The summed E-state index contributed by atoms with van der Waals surface area (Å²) in [5.41, 5.74) is 0.961. The van der Waals surface area contributed by atoms with Gasteiger partial charge in [0.25, 0.3) is 0 Å². The molecule has 5 heteroatoms. The van der Waals surface area contributed by atoms with Gasteiger partial charge in [-0.2, -0.15) is 0 Å². The Labute approximate surface area is 114 Å². The van der Waals surface area contributed by atoms with Gasteiger partial charge < -0.3 is 14.2 Å². The highest BCUT2D eigenvalue weighted by atomic mass is 79.9. The summed E-state index contributed by atoms with van der Waals surface area (Å²) in [5, 5.41) is 0. The highest BCUT2D eigenvalue weighted by molar-refractivity contribution is 9.10. The second-order valence-electron chi connectivity index (χ2n) is 3.53. The molecule has 1 aromatic carbocycles. The van der Waals surface area contributed by atoms with Crippen molar-refractivity contribution in [1.29, 1.82) is 0 Å². The molecule has 17 heavy (non-hydrogen) atoms. The predicted molar refractivity (Wildman–Crippen MR) is 71.7 cm³/mol. The Kier molecular flexibility index (Phi) is 4.73. The van der Waals surface area contributed by atoms with Crippen molar-refractivity contribution < 1.29 is 14.2 Å². The molecule has 1 aliphatic heterocycles. The molecule has 0 bridgehead atoms. The van der Waals surface area contributed by atoms with E-state index in [-0.39, 0.29) is 6.29 Å². The van der Waals surface area contributed by atoms with Crippen LogP contribution >= 0.6 is 27.7 Å². The summed E-state index contributed by atoms with van der Waals surface area (Å²) in [7, 11) is 0. The molecular formula is C12H15BrO3S. The lowest BCUT2D eigenvalue weighted by atomic mass is 10.2. The van der Waals surface area contributed by atoms with Crippen LogP contribution in [-0.2, 0) is 9.47 Å². The SMILES string of the molecule is CCOc1c(Br)cc(SC)cc1C1OCCO1. The third-order valence-corrected chi connectivity index (χ3v) is 3.74. The molecule has 0 spiro atoms. The fourth-order valence-corrected chi connectivity index (χ4v) is 2.94. The van der Waals surface area contributed by atoms with Gasteiger partial charge in [-0.3, -0.25) is 0 Å². The van der Waals surface area contributed by atoms with Crippen LogP contribution in [0.3, 0.4) is 0 Å². The summed E-state index contributed by atoms with van der Waals surface area (Å²) >= 11 is 5.22. The first-order chi connectivity index (χ1) is 8.26. The molecule has 1 aromatic rings. The van der Waals surface area contributed by atoms with Gasteiger partial charge in [-0.15, -0.1) is 11.8 Å². The summed E-state index contributed by atoms with van der Waals surface area (Å²) in [6, 6.07) is 4.12. The van der Waals surface area contributed by atoms with Gasteiger partial charge in [0.15, 0.2) is 6.29 Å². The van der Waals surface area contributed by atoms with Crippen LogP contribution in [0.25, 0.3) is 0 Å². The molecule has 0 N–H and O–H groups in total. The highest BCUT2D eigenvalue weighted by Gasteiger charge is 2.24. The van der Waals surface area contributed by atoms with Crippen molar-refractivity contribution in [3.8, 4) is 5.75 Å². The van der Waals surface area contributed by atoms with E-state index in [1.54, 1.807) is 11.8 Å². The molecule has 3 nitrogen and oxygen atoms in total. The predicted octanol–water partition coefficient (Wildman–Crippen LogP) is 3.62. The number of halogens is 1. The van der Waals surface area contributed by atoms with Crippen molar-refractivity contribution in [3.63, 3.8) is 0 Å².